The standard InChI is InChI=1S/C13H16F3N3O.2ClH/c14-13(15,16)11-4-3-10(7-18-11)12(20)19-5-1-2-9(6-17)8-19;;/h3-4,7,9H,1-2,5-6,8,17H2;2*1H. The highest BCUT2D eigenvalue weighted by Gasteiger charge is 2.32. The van der Waals surface area contributed by atoms with E-state index >= 15 is 0 Å². The molecule has 1 aromatic rings. The number of nitrogens with zero attached hydrogens (tertiary/aromatic N) is 2. The summed E-state index contributed by atoms with van der Waals surface area (Å²) in [5, 5.41) is 0. The van der Waals surface area contributed by atoms with Crippen molar-refractivity contribution in [3.05, 3.63) is 29.6 Å². The van der Waals surface area contributed by atoms with E-state index in [0.717, 1.165) is 25.1 Å². The van der Waals surface area contributed by atoms with E-state index in [1.54, 1.807) is 4.90 Å². The number of rotatable bonds is 2. The Labute approximate surface area is 139 Å². The molecule has 2 rings (SSSR count). The smallest absolute Gasteiger partial charge is 0.338 e. The molecule has 2 N–H and O–H groups in total. The van der Waals surface area contributed by atoms with Crippen molar-refractivity contribution in [3.63, 3.8) is 0 Å². The Morgan fingerprint density at radius 1 is 1.36 bits per heavy atom. The highest BCUT2D eigenvalue weighted by atomic mass is 35.5. The van der Waals surface area contributed by atoms with Crippen molar-refractivity contribution in [1.29, 1.82) is 0 Å². The highest BCUT2D eigenvalue weighted by Crippen LogP contribution is 2.27. The second kappa shape index (κ2) is 8.55. The van der Waals surface area contributed by atoms with Gasteiger partial charge in [0.05, 0.1) is 5.56 Å². The van der Waals surface area contributed by atoms with Crippen LogP contribution >= 0.6 is 24.8 Å². The fourth-order valence-electron chi connectivity index (χ4n) is 2.31. The summed E-state index contributed by atoms with van der Waals surface area (Å²) in [6.07, 6.45) is -1.66. The first-order valence-electron chi connectivity index (χ1n) is 6.44. The van der Waals surface area contributed by atoms with E-state index in [1.807, 2.05) is 0 Å². The van der Waals surface area contributed by atoms with Crippen LogP contribution in [0.25, 0.3) is 0 Å². The Morgan fingerprint density at radius 2 is 2.05 bits per heavy atom. The van der Waals surface area contributed by atoms with Gasteiger partial charge >= 0.3 is 6.18 Å². The van der Waals surface area contributed by atoms with E-state index in [4.69, 9.17) is 5.73 Å². The van der Waals surface area contributed by atoms with Gasteiger partial charge in [-0.25, -0.2) is 0 Å². The minimum absolute atomic E-state index is 0. The third-order valence-corrected chi connectivity index (χ3v) is 3.44. The first-order chi connectivity index (χ1) is 9.41. The number of hydrogen-bond acceptors (Lipinski definition) is 3. The van der Waals surface area contributed by atoms with Gasteiger partial charge < -0.3 is 10.6 Å². The van der Waals surface area contributed by atoms with Crippen LogP contribution in [-0.4, -0.2) is 35.4 Å². The summed E-state index contributed by atoms with van der Waals surface area (Å²) in [6.45, 7) is 1.67. The molecule has 0 aromatic carbocycles. The number of hydrogen-bond donors (Lipinski definition) is 1. The second-order valence-corrected chi connectivity index (χ2v) is 4.92. The van der Waals surface area contributed by atoms with E-state index in [9.17, 15) is 18.0 Å². The van der Waals surface area contributed by atoms with E-state index in [0.29, 0.717) is 19.6 Å². The molecule has 126 valence electrons. The molecule has 0 saturated carbocycles. The van der Waals surface area contributed by atoms with Crippen molar-refractivity contribution in [2.75, 3.05) is 19.6 Å². The molecule has 22 heavy (non-hydrogen) atoms. The number of amides is 1. The van der Waals surface area contributed by atoms with Crippen LogP contribution in [0.3, 0.4) is 0 Å². The number of pyridine rings is 1. The maximum Gasteiger partial charge on any atom is 0.433 e. The number of likely N-dealkylation sites (tertiary alicyclic amines) is 1. The minimum atomic E-state index is -4.49. The van der Waals surface area contributed by atoms with Gasteiger partial charge in [0.2, 0.25) is 0 Å². The molecule has 0 radical (unpaired) electrons. The lowest BCUT2D eigenvalue weighted by atomic mass is 9.98. The molecule has 4 nitrogen and oxygen atoms in total. The van der Waals surface area contributed by atoms with E-state index < -0.39 is 11.9 Å². The molecule has 0 bridgehead atoms. The Balaban J connectivity index is 0.00000220. The Hall–Kier alpha value is -1.05. The second-order valence-electron chi connectivity index (χ2n) is 4.92. The van der Waals surface area contributed by atoms with Gasteiger partial charge in [0, 0.05) is 19.3 Å². The van der Waals surface area contributed by atoms with Crippen LogP contribution in [0.2, 0.25) is 0 Å². The maximum atomic E-state index is 12.4. The van der Waals surface area contributed by atoms with Gasteiger partial charge in [-0.1, -0.05) is 0 Å². The summed E-state index contributed by atoms with van der Waals surface area (Å²) in [4.78, 5) is 17.1. The fraction of sp³-hybridized carbons (Fsp3) is 0.538. The molecule has 1 atom stereocenters. The predicted octanol–water partition coefficient (Wildman–Crippen LogP) is 2.75. The zero-order valence-electron chi connectivity index (χ0n) is 11.7. The van der Waals surface area contributed by atoms with E-state index in [1.165, 1.54) is 6.07 Å². The fourth-order valence-corrected chi connectivity index (χ4v) is 2.31. The van der Waals surface area contributed by atoms with Gasteiger partial charge in [-0.05, 0) is 37.4 Å². The van der Waals surface area contributed by atoms with Crippen LogP contribution in [0.5, 0.6) is 0 Å². The molecule has 1 aliphatic heterocycles. The Bertz CT molecular complexity index is 482. The lowest BCUT2D eigenvalue weighted by molar-refractivity contribution is -0.141. The summed E-state index contributed by atoms with van der Waals surface area (Å²) in [5.74, 6) is -0.0283. The van der Waals surface area contributed by atoms with E-state index in [2.05, 4.69) is 4.98 Å². The molecule has 1 fully saturated rings. The summed E-state index contributed by atoms with van der Waals surface area (Å²) in [7, 11) is 0. The number of alkyl halides is 3. The van der Waals surface area contributed by atoms with Crippen molar-refractivity contribution >= 4 is 30.7 Å². The lowest BCUT2D eigenvalue weighted by Gasteiger charge is -2.32. The first kappa shape index (κ1) is 20.9. The largest absolute Gasteiger partial charge is 0.433 e. The van der Waals surface area contributed by atoms with Gasteiger partial charge in [0.15, 0.2) is 0 Å². The van der Waals surface area contributed by atoms with Crippen molar-refractivity contribution in [2.24, 2.45) is 11.7 Å². The molecular weight excluding hydrogens is 342 g/mol. The molecule has 1 amide bonds. The number of piperidine rings is 1. The maximum absolute atomic E-state index is 12.4. The molecule has 0 spiro atoms. The molecule has 0 aliphatic carbocycles. The SMILES string of the molecule is Cl.Cl.NCC1CCCN(C(=O)c2ccc(C(F)(F)F)nc2)C1. The quantitative estimate of drug-likeness (QED) is 0.882. The molecule has 1 aromatic heterocycles. The molecule has 1 saturated heterocycles. The minimum Gasteiger partial charge on any atom is -0.338 e. The summed E-state index contributed by atoms with van der Waals surface area (Å²) >= 11 is 0. The number of carbonyl (C=O) groups is 1. The number of nitrogens with two attached hydrogens (primary N) is 1. The van der Waals surface area contributed by atoms with Gasteiger partial charge in [-0.15, -0.1) is 24.8 Å². The van der Waals surface area contributed by atoms with Crippen molar-refractivity contribution < 1.29 is 18.0 Å². The van der Waals surface area contributed by atoms with Gasteiger partial charge in [0.25, 0.3) is 5.91 Å². The number of aromatic nitrogens is 1. The number of halogens is 5. The lowest BCUT2D eigenvalue weighted by Crippen LogP contribution is -2.42. The van der Waals surface area contributed by atoms with Crippen molar-refractivity contribution in [3.8, 4) is 0 Å². The van der Waals surface area contributed by atoms with Gasteiger partial charge in [-0.2, -0.15) is 13.2 Å². The molecule has 9 heteroatoms. The topological polar surface area (TPSA) is 59.2 Å². The Morgan fingerprint density at radius 3 is 2.55 bits per heavy atom. The zero-order valence-corrected chi connectivity index (χ0v) is 13.3. The average molecular weight is 360 g/mol. The monoisotopic (exact) mass is 359 g/mol. The number of carbonyl (C=O) groups excluding carboxylic acids is 1. The molecule has 1 aliphatic rings. The van der Waals surface area contributed by atoms with Crippen LogP contribution in [0.1, 0.15) is 28.9 Å². The van der Waals surface area contributed by atoms with Crippen LogP contribution in [0.15, 0.2) is 18.3 Å². The van der Waals surface area contributed by atoms with Gasteiger partial charge in [0.1, 0.15) is 5.69 Å². The van der Waals surface area contributed by atoms with Crippen LogP contribution in [0, 0.1) is 5.92 Å². The van der Waals surface area contributed by atoms with Crippen LogP contribution in [-0.2, 0) is 6.18 Å². The predicted molar refractivity (Wildman–Crippen MR) is 81.4 cm³/mol. The Kier molecular flexibility index (Phi) is 8.14. The molecule has 1 unspecified atom stereocenters. The van der Waals surface area contributed by atoms with E-state index in [-0.39, 0.29) is 42.2 Å². The summed E-state index contributed by atoms with van der Waals surface area (Å²) in [5.41, 5.74) is 4.78. The summed E-state index contributed by atoms with van der Waals surface area (Å²) in [6, 6.07) is 2.00. The summed E-state index contributed by atoms with van der Waals surface area (Å²) < 4.78 is 37.2. The van der Waals surface area contributed by atoms with Crippen molar-refractivity contribution in [1.82, 2.24) is 9.88 Å². The first-order valence-corrected chi connectivity index (χ1v) is 6.44. The normalized spacial score (nSPS) is 18.2. The van der Waals surface area contributed by atoms with Crippen LogP contribution < -0.4 is 5.73 Å². The third kappa shape index (κ3) is 5.00. The van der Waals surface area contributed by atoms with Crippen molar-refractivity contribution in [2.45, 2.75) is 19.0 Å². The molecule has 2 heterocycles. The average Bonchev–Trinajstić information content (AvgIpc) is 2.46. The highest BCUT2D eigenvalue weighted by molar-refractivity contribution is 5.94. The van der Waals surface area contributed by atoms with Gasteiger partial charge in [-0.3, -0.25) is 9.78 Å². The van der Waals surface area contributed by atoms with Crippen LogP contribution in [0.4, 0.5) is 13.2 Å². The molecular formula is C13H18Cl2F3N3O. The zero-order chi connectivity index (χ0) is 14.8. The third-order valence-electron chi connectivity index (χ3n) is 3.44.